The first-order chi connectivity index (χ1) is 5.77. The number of carbonyl (C=O) groups is 1. The van der Waals surface area contributed by atoms with Crippen LogP contribution in [0.5, 0.6) is 0 Å². The number of nitrogens with zero attached hydrogens (tertiary/aromatic N) is 1. The molecule has 0 unspecified atom stereocenters. The van der Waals surface area contributed by atoms with Crippen LogP contribution in [-0.2, 0) is 14.2 Å². The molecule has 1 aliphatic rings. The summed E-state index contributed by atoms with van der Waals surface area (Å²) >= 11 is 0. The average Bonchev–Trinajstić information content (AvgIpc) is 1.96. The SMILES string of the molecule is COC(OC)OC(=O)N1CCC1. The Morgan fingerprint density at radius 2 is 1.92 bits per heavy atom. The van der Waals surface area contributed by atoms with Crippen LogP contribution in [0.25, 0.3) is 0 Å². The second-order valence-corrected chi connectivity index (χ2v) is 2.48. The van der Waals surface area contributed by atoms with Crippen LogP contribution in [0.2, 0.25) is 0 Å². The van der Waals surface area contributed by atoms with Gasteiger partial charge < -0.3 is 19.1 Å². The van der Waals surface area contributed by atoms with E-state index in [0.717, 1.165) is 19.5 Å². The summed E-state index contributed by atoms with van der Waals surface area (Å²) in [6.45, 7) is 0.635. The van der Waals surface area contributed by atoms with Gasteiger partial charge in [-0.05, 0) is 6.42 Å². The average molecular weight is 175 g/mol. The fourth-order valence-electron chi connectivity index (χ4n) is 0.848. The van der Waals surface area contributed by atoms with Gasteiger partial charge in [0.15, 0.2) is 0 Å². The lowest BCUT2D eigenvalue weighted by atomic mass is 10.2. The van der Waals surface area contributed by atoms with E-state index in [1.165, 1.54) is 14.2 Å². The molecule has 1 aliphatic heterocycles. The van der Waals surface area contributed by atoms with Crippen molar-refractivity contribution in [2.45, 2.75) is 12.9 Å². The molecule has 70 valence electrons. The molecule has 1 heterocycles. The molecular weight excluding hydrogens is 162 g/mol. The van der Waals surface area contributed by atoms with Crippen LogP contribution in [0.3, 0.4) is 0 Å². The molecule has 0 aromatic carbocycles. The van der Waals surface area contributed by atoms with Gasteiger partial charge in [-0.15, -0.1) is 0 Å². The van der Waals surface area contributed by atoms with E-state index in [-0.39, 0.29) is 6.09 Å². The minimum absolute atomic E-state index is 0.380. The highest BCUT2D eigenvalue weighted by Crippen LogP contribution is 2.09. The second-order valence-electron chi connectivity index (χ2n) is 2.48. The fraction of sp³-hybridized carbons (Fsp3) is 0.857. The monoisotopic (exact) mass is 175 g/mol. The van der Waals surface area contributed by atoms with Gasteiger partial charge in [0.1, 0.15) is 0 Å². The zero-order chi connectivity index (χ0) is 8.97. The van der Waals surface area contributed by atoms with Crippen LogP contribution >= 0.6 is 0 Å². The molecule has 0 spiro atoms. The predicted molar refractivity (Wildman–Crippen MR) is 40.5 cm³/mol. The van der Waals surface area contributed by atoms with Crippen LogP contribution in [0, 0.1) is 0 Å². The summed E-state index contributed by atoms with van der Waals surface area (Å²) < 4.78 is 14.2. The lowest BCUT2D eigenvalue weighted by molar-refractivity contribution is -0.239. The smallest absolute Gasteiger partial charge is 0.394 e. The van der Waals surface area contributed by atoms with Crippen molar-refractivity contribution in [2.24, 2.45) is 0 Å². The Labute approximate surface area is 71.2 Å². The number of methoxy groups -OCH3 is 2. The summed E-state index contributed by atoms with van der Waals surface area (Å²) in [5.41, 5.74) is 0. The number of hydrogen-bond acceptors (Lipinski definition) is 4. The van der Waals surface area contributed by atoms with E-state index in [0.29, 0.717) is 0 Å². The van der Waals surface area contributed by atoms with Crippen LogP contribution in [0.15, 0.2) is 0 Å². The van der Waals surface area contributed by atoms with Crippen molar-refractivity contribution in [2.75, 3.05) is 27.3 Å². The summed E-state index contributed by atoms with van der Waals surface area (Å²) in [6.07, 6.45) is 0.662. The molecule has 1 saturated heterocycles. The highest BCUT2D eigenvalue weighted by atomic mass is 16.8. The Morgan fingerprint density at radius 1 is 1.33 bits per heavy atom. The van der Waals surface area contributed by atoms with Gasteiger partial charge in [-0.3, -0.25) is 0 Å². The first-order valence-corrected chi connectivity index (χ1v) is 3.79. The van der Waals surface area contributed by atoms with Crippen LogP contribution in [-0.4, -0.2) is 44.8 Å². The molecule has 0 bridgehead atoms. The maximum Gasteiger partial charge on any atom is 0.413 e. The number of hydrogen-bond donors (Lipinski definition) is 0. The van der Waals surface area contributed by atoms with E-state index in [2.05, 4.69) is 0 Å². The molecule has 0 saturated carbocycles. The fourth-order valence-corrected chi connectivity index (χ4v) is 0.848. The lowest BCUT2D eigenvalue weighted by Crippen LogP contribution is -2.44. The summed E-state index contributed by atoms with van der Waals surface area (Å²) in [4.78, 5) is 12.7. The molecule has 0 aromatic heterocycles. The third-order valence-corrected chi connectivity index (χ3v) is 1.70. The predicted octanol–water partition coefficient (Wildman–Crippen LogP) is 0.405. The first kappa shape index (κ1) is 9.28. The van der Waals surface area contributed by atoms with E-state index in [9.17, 15) is 4.79 Å². The molecule has 0 aliphatic carbocycles. The van der Waals surface area contributed by atoms with Crippen molar-refractivity contribution in [1.29, 1.82) is 0 Å². The molecule has 1 amide bonds. The van der Waals surface area contributed by atoms with Gasteiger partial charge in [0, 0.05) is 27.3 Å². The molecule has 12 heavy (non-hydrogen) atoms. The van der Waals surface area contributed by atoms with Crippen LogP contribution < -0.4 is 0 Å². The van der Waals surface area contributed by atoms with Gasteiger partial charge in [-0.1, -0.05) is 0 Å². The largest absolute Gasteiger partial charge is 0.413 e. The van der Waals surface area contributed by atoms with E-state index >= 15 is 0 Å². The summed E-state index contributed by atoms with van der Waals surface area (Å²) in [7, 11) is 2.83. The molecule has 0 N–H and O–H groups in total. The maximum absolute atomic E-state index is 11.1. The number of likely N-dealkylation sites (tertiary alicyclic amines) is 1. The topological polar surface area (TPSA) is 48.0 Å². The van der Waals surface area contributed by atoms with Crippen molar-refractivity contribution in [3.8, 4) is 0 Å². The minimum atomic E-state index is -0.891. The molecule has 0 aromatic rings. The van der Waals surface area contributed by atoms with Crippen molar-refractivity contribution in [1.82, 2.24) is 4.90 Å². The Hall–Kier alpha value is -0.810. The zero-order valence-electron chi connectivity index (χ0n) is 7.28. The summed E-state index contributed by atoms with van der Waals surface area (Å²) in [5.74, 6) is 0. The lowest BCUT2D eigenvalue weighted by Gasteiger charge is -2.30. The van der Waals surface area contributed by atoms with E-state index in [4.69, 9.17) is 14.2 Å². The highest BCUT2D eigenvalue weighted by molar-refractivity contribution is 5.68. The molecule has 1 fully saturated rings. The first-order valence-electron chi connectivity index (χ1n) is 3.79. The Morgan fingerprint density at radius 3 is 2.25 bits per heavy atom. The standard InChI is InChI=1S/C7H13NO4/c1-10-7(11-2)12-6(9)8-4-3-5-8/h7H,3-5H2,1-2H3. The van der Waals surface area contributed by atoms with Gasteiger partial charge in [0.05, 0.1) is 0 Å². The van der Waals surface area contributed by atoms with Gasteiger partial charge >= 0.3 is 12.6 Å². The molecule has 5 heteroatoms. The van der Waals surface area contributed by atoms with Gasteiger partial charge in [-0.25, -0.2) is 4.79 Å². The van der Waals surface area contributed by atoms with Gasteiger partial charge in [0.2, 0.25) is 0 Å². The quantitative estimate of drug-likeness (QED) is 0.583. The van der Waals surface area contributed by atoms with Gasteiger partial charge in [-0.2, -0.15) is 0 Å². The van der Waals surface area contributed by atoms with E-state index < -0.39 is 6.48 Å². The molecule has 0 atom stereocenters. The van der Waals surface area contributed by atoms with Crippen molar-refractivity contribution >= 4 is 6.09 Å². The van der Waals surface area contributed by atoms with Crippen LogP contribution in [0.1, 0.15) is 6.42 Å². The number of amides is 1. The Bertz CT molecular complexity index is 153. The third-order valence-electron chi connectivity index (χ3n) is 1.70. The molecular formula is C7H13NO4. The zero-order valence-corrected chi connectivity index (χ0v) is 7.28. The third kappa shape index (κ3) is 2.09. The van der Waals surface area contributed by atoms with Crippen molar-refractivity contribution in [3.05, 3.63) is 0 Å². The van der Waals surface area contributed by atoms with Crippen molar-refractivity contribution < 1.29 is 19.0 Å². The number of rotatable bonds is 3. The van der Waals surface area contributed by atoms with Gasteiger partial charge in [0.25, 0.3) is 0 Å². The normalized spacial score (nSPS) is 16.1. The molecule has 0 radical (unpaired) electrons. The Balaban J connectivity index is 2.23. The number of ether oxygens (including phenoxy) is 3. The van der Waals surface area contributed by atoms with Crippen molar-refractivity contribution in [3.63, 3.8) is 0 Å². The minimum Gasteiger partial charge on any atom is -0.394 e. The molecule has 1 rings (SSSR count). The Kier molecular flexibility index (Phi) is 3.31. The highest BCUT2D eigenvalue weighted by Gasteiger charge is 2.24. The number of carbonyl (C=O) groups excluding carboxylic acids is 1. The molecule has 5 nitrogen and oxygen atoms in total. The van der Waals surface area contributed by atoms with Crippen LogP contribution in [0.4, 0.5) is 4.79 Å². The maximum atomic E-state index is 11.1. The second kappa shape index (κ2) is 4.27. The van der Waals surface area contributed by atoms with E-state index in [1.807, 2.05) is 0 Å². The summed E-state index contributed by atoms with van der Waals surface area (Å²) in [5, 5.41) is 0. The van der Waals surface area contributed by atoms with E-state index in [1.54, 1.807) is 4.90 Å². The summed E-state index contributed by atoms with van der Waals surface area (Å²) in [6, 6.07) is 0.